The molecule has 0 amide bonds. The summed E-state index contributed by atoms with van der Waals surface area (Å²) in [5.74, 6) is 0.741. The molecule has 164 valence electrons. The van der Waals surface area contributed by atoms with Crippen LogP contribution >= 0.6 is 0 Å². The minimum absolute atomic E-state index is 0.0486. The van der Waals surface area contributed by atoms with E-state index in [0.29, 0.717) is 31.1 Å². The first kappa shape index (κ1) is 22.7. The molecule has 3 rings (SSSR count). The number of benzene rings is 2. The molecule has 0 saturated heterocycles. The predicted molar refractivity (Wildman–Crippen MR) is 123 cm³/mol. The van der Waals surface area contributed by atoms with Crippen LogP contribution < -0.4 is 20.5 Å². The van der Waals surface area contributed by atoms with Crippen molar-refractivity contribution in [3.05, 3.63) is 78.1 Å². The van der Waals surface area contributed by atoms with Gasteiger partial charge in [0, 0.05) is 25.8 Å². The molecule has 8 heteroatoms. The first-order chi connectivity index (χ1) is 15.0. The Hall–Kier alpha value is -2.94. The molecule has 0 fully saturated rings. The van der Waals surface area contributed by atoms with E-state index in [1.54, 1.807) is 24.4 Å². The third kappa shape index (κ3) is 6.78. The third-order valence-corrected chi connectivity index (χ3v) is 5.51. The minimum atomic E-state index is -4.01. The number of nitrogens with two attached hydrogens (primary N) is 1. The Bertz CT molecular complexity index is 1070. The molecule has 1 heterocycles. The van der Waals surface area contributed by atoms with E-state index in [0.717, 1.165) is 24.1 Å². The van der Waals surface area contributed by atoms with Gasteiger partial charge in [-0.25, -0.2) is 13.6 Å². The van der Waals surface area contributed by atoms with Gasteiger partial charge in [-0.1, -0.05) is 37.6 Å². The Morgan fingerprint density at radius 1 is 1.03 bits per heavy atom. The molecule has 0 aliphatic rings. The molecular formula is C23H28N4O3S. The van der Waals surface area contributed by atoms with Crippen LogP contribution in [0.15, 0.2) is 71.8 Å². The van der Waals surface area contributed by atoms with Gasteiger partial charge in [0.2, 0.25) is 10.0 Å². The first-order valence-electron chi connectivity index (χ1n) is 10.2. The van der Waals surface area contributed by atoms with Gasteiger partial charge in [-0.3, -0.25) is 4.98 Å². The highest BCUT2D eigenvalue weighted by molar-refractivity contribution is 7.89. The van der Waals surface area contributed by atoms with E-state index >= 15 is 0 Å². The van der Waals surface area contributed by atoms with Crippen LogP contribution in [-0.4, -0.2) is 19.9 Å². The van der Waals surface area contributed by atoms with Gasteiger partial charge in [0.05, 0.1) is 11.4 Å². The second-order valence-corrected chi connectivity index (χ2v) is 8.67. The molecule has 0 aliphatic heterocycles. The Kier molecular flexibility index (Phi) is 8.00. The number of para-hydroxylation sites is 1. The third-order valence-electron chi connectivity index (χ3n) is 4.59. The SMILES string of the molecule is CCCCNc1cc(CNCc2ccccn2)cc(S(N)(=O)=O)c1Oc1ccccc1. The number of hydrogen-bond acceptors (Lipinski definition) is 6. The second kappa shape index (κ2) is 10.9. The molecule has 0 aliphatic carbocycles. The lowest BCUT2D eigenvalue weighted by Gasteiger charge is -2.18. The number of unbranched alkanes of at least 4 members (excludes halogenated alkanes) is 1. The molecule has 4 N–H and O–H groups in total. The number of rotatable bonds is 11. The number of sulfonamides is 1. The van der Waals surface area contributed by atoms with Gasteiger partial charge in [-0.2, -0.15) is 0 Å². The molecule has 1 aromatic heterocycles. The minimum Gasteiger partial charge on any atom is -0.454 e. The van der Waals surface area contributed by atoms with Crippen LogP contribution in [0.4, 0.5) is 5.69 Å². The topological polar surface area (TPSA) is 106 Å². The summed E-state index contributed by atoms with van der Waals surface area (Å²) in [5, 5.41) is 12.2. The predicted octanol–water partition coefficient (Wildman–Crippen LogP) is 4.02. The number of ether oxygens (including phenoxy) is 1. The fraction of sp³-hybridized carbons (Fsp3) is 0.261. The van der Waals surface area contributed by atoms with Crippen molar-refractivity contribution in [2.24, 2.45) is 5.14 Å². The van der Waals surface area contributed by atoms with E-state index in [9.17, 15) is 8.42 Å². The van der Waals surface area contributed by atoms with Gasteiger partial charge in [0.15, 0.2) is 5.75 Å². The number of anilines is 1. The van der Waals surface area contributed by atoms with Gasteiger partial charge < -0.3 is 15.4 Å². The van der Waals surface area contributed by atoms with Crippen molar-refractivity contribution in [3.63, 3.8) is 0 Å². The van der Waals surface area contributed by atoms with E-state index in [1.807, 2.05) is 42.5 Å². The van der Waals surface area contributed by atoms with Gasteiger partial charge in [-0.15, -0.1) is 0 Å². The van der Waals surface area contributed by atoms with Crippen molar-refractivity contribution in [1.29, 1.82) is 0 Å². The monoisotopic (exact) mass is 440 g/mol. The first-order valence-corrected chi connectivity index (χ1v) is 11.8. The van der Waals surface area contributed by atoms with Crippen LogP contribution in [0.5, 0.6) is 11.5 Å². The smallest absolute Gasteiger partial charge is 0.241 e. The molecule has 0 radical (unpaired) electrons. The highest BCUT2D eigenvalue weighted by atomic mass is 32.2. The van der Waals surface area contributed by atoms with Crippen LogP contribution in [0.2, 0.25) is 0 Å². The fourth-order valence-corrected chi connectivity index (χ4v) is 3.78. The number of primary sulfonamides is 1. The molecule has 0 bridgehead atoms. The maximum Gasteiger partial charge on any atom is 0.241 e. The maximum atomic E-state index is 12.4. The second-order valence-electron chi connectivity index (χ2n) is 7.14. The van der Waals surface area contributed by atoms with E-state index in [-0.39, 0.29) is 10.6 Å². The van der Waals surface area contributed by atoms with E-state index in [4.69, 9.17) is 9.88 Å². The van der Waals surface area contributed by atoms with Gasteiger partial charge in [0.1, 0.15) is 10.6 Å². The molecular weight excluding hydrogens is 412 g/mol. The lowest BCUT2D eigenvalue weighted by atomic mass is 10.1. The van der Waals surface area contributed by atoms with Gasteiger partial charge >= 0.3 is 0 Å². The zero-order valence-electron chi connectivity index (χ0n) is 17.5. The largest absolute Gasteiger partial charge is 0.454 e. The van der Waals surface area contributed by atoms with Crippen LogP contribution in [-0.2, 0) is 23.1 Å². The van der Waals surface area contributed by atoms with E-state index in [1.165, 1.54) is 0 Å². The Morgan fingerprint density at radius 2 is 1.81 bits per heavy atom. The average molecular weight is 441 g/mol. The van der Waals surface area contributed by atoms with Crippen molar-refractivity contribution in [3.8, 4) is 11.5 Å². The van der Waals surface area contributed by atoms with E-state index < -0.39 is 10.0 Å². The Morgan fingerprint density at radius 3 is 2.48 bits per heavy atom. The van der Waals surface area contributed by atoms with Crippen LogP contribution in [0.1, 0.15) is 31.0 Å². The van der Waals surface area contributed by atoms with Gasteiger partial charge in [0.25, 0.3) is 0 Å². The van der Waals surface area contributed by atoms with E-state index in [2.05, 4.69) is 22.5 Å². The molecule has 2 aromatic carbocycles. The molecule has 0 saturated carbocycles. The number of aromatic nitrogens is 1. The van der Waals surface area contributed by atoms with Crippen molar-refractivity contribution in [1.82, 2.24) is 10.3 Å². The molecule has 3 aromatic rings. The number of nitrogens with zero attached hydrogens (tertiary/aromatic N) is 1. The zero-order valence-corrected chi connectivity index (χ0v) is 18.4. The fourth-order valence-electron chi connectivity index (χ4n) is 3.05. The summed E-state index contributed by atoms with van der Waals surface area (Å²) in [6.45, 7) is 3.80. The summed E-state index contributed by atoms with van der Waals surface area (Å²) in [4.78, 5) is 4.24. The molecule has 0 atom stereocenters. The number of pyridine rings is 1. The highest BCUT2D eigenvalue weighted by Crippen LogP contribution is 2.37. The lowest BCUT2D eigenvalue weighted by Crippen LogP contribution is -2.18. The standard InChI is InChI=1S/C23H28N4O3S/c1-2-3-12-27-21-14-18(16-25-17-19-9-7-8-13-26-19)15-22(31(24,28)29)23(21)30-20-10-5-4-6-11-20/h4-11,13-15,25,27H,2-3,12,16-17H2,1H3,(H2,24,28,29). The quantitative estimate of drug-likeness (QED) is 0.389. The van der Waals surface area contributed by atoms with Crippen LogP contribution in [0.25, 0.3) is 0 Å². The highest BCUT2D eigenvalue weighted by Gasteiger charge is 2.21. The van der Waals surface area contributed by atoms with Crippen molar-refractivity contribution in [2.75, 3.05) is 11.9 Å². The average Bonchev–Trinajstić information content (AvgIpc) is 2.76. The number of nitrogens with one attached hydrogen (secondary N) is 2. The molecule has 0 unspecified atom stereocenters. The van der Waals surface area contributed by atoms with Crippen molar-refractivity contribution < 1.29 is 13.2 Å². The summed E-state index contributed by atoms with van der Waals surface area (Å²) < 4.78 is 30.8. The van der Waals surface area contributed by atoms with Crippen LogP contribution in [0.3, 0.4) is 0 Å². The Balaban J connectivity index is 1.91. The Labute approximate surface area is 183 Å². The van der Waals surface area contributed by atoms with Crippen molar-refractivity contribution >= 4 is 15.7 Å². The zero-order chi connectivity index (χ0) is 22.1. The summed E-state index contributed by atoms with van der Waals surface area (Å²) >= 11 is 0. The normalized spacial score (nSPS) is 11.3. The lowest BCUT2D eigenvalue weighted by molar-refractivity contribution is 0.468. The summed E-state index contributed by atoms with van der Waals surface area (Å²) in [5.41, 5.74) is 2.28. The van der Waals surface area contributed by atoms with Gasteiger partial charge in [-0.05, 0) is 48.4 Å². The summed E-state index contributed by atoms with van der Waals surface area (Å²) in [6.07, 6.45) is 3.69. The number of hydrogen-bond donors (Lipinski definition) is 3. The molecule has 31 heavy (non-hydrogen) atoms. The molecule has 0 spiro atoms. The molecule has 7 nitrogen and oxygen atoms in total. The van der Waals surface area contributed by atoms with Crippen molar-refractivity contribution in [2.45, 2.75) is 37.8 Å². The summed E-state index contributed by atoms with van der Waals surface area (Å²) in [6, 6.07) is 18.2. The maximum absolute atomic E-state index is 12.4. The van der Waals surface area contributed by atoms with Crippen LogP contribution in [0, 0.1) is 0 Å². The summed E-state index contributed by atoms with van der Waals surface area (Å²) in [7, 11) is -4.01.